The smallest absolute Gasteiger partial charge is 0.390 e. The zero-order valence-corrected chi connectivity index (χ0v) is 9.32. The first kappa shape index (κ1) is 13.0. The number of hydrogen-bond acceptors (Lipinski definition) is 2. The normalized spacial score (nSPS) is 11.3. The minimum Gasteiger partial charge on any atom is -0.495 e. The molecule has 0 unspecified atom stereocenters. The molecule has 0 aliphatic carbocycles. The highest BCUT2D eigenvalue weighted by atomic mass is 35.5. The van der Waals surface area contributed by atoms with Crippen LogP contribution >= 0.6 is 11.6 Å². The monoisotopic (exact) mass is 253 g/mol. The Morgan fingerprint density at radius 2 is 2.06 bits per heavy atom. The summed E-state index contributed by atoms with van der Waals surface area (Å²) in [6.45, 7) is -0.172. The van der Waals surface area contributed by atoms with E-state index < -0.39 is 12.6 Å². The molecular formula is C10H11ClF3NO. The van der Waals surface area contributed by atoms with Gasteiger partial charge in [-0.3, -0.25) is 0 Å². The molecule has 1 aromatic carbocycles. The predicted octanol–water partition coefficient (Wildman–Crippen LogP) is 3.71. The number of halogens is 4. The SMILES string of the molecule is COc1cc(NCCC(F)(F)F)ccc1Cl. The van der Waals surface area contributed by atoms with Gasteiger partial charge in [-0.05, 0) is 12.1 Å². The summed E-state index contributed by atoms with van der Waals surface area (Å²) in [5, 5.41) is 3.06. The van der Waals surface area contributed by atoms with Crippen molar-refractivity contribution in [3.8, 4) is 5.75 Å². The van der Waals surface area contributed by atoms with Crippen molar-refractivity contribution in [3.05, 3.63) is 23.2 Å². The number of hydrogen-bond donors (Lipinski definition) is 1. The zero-order chi connectivity index (χ0) is 12.2. The van der Waals surface area contributed by atoms with Gasteiger partial charge in [0.15, 0.2) is 0 Å². The minimum absolute atomic E-state index is 0.172. The average molecular weight is 254 g/mol. The molecule has 0 heterocycles. The van der Waals surface area contributed by atoms with Crippen molar-refractivity contribution in [2.75, 3.05) is 19.0 Å². The van der Waals surface area contributed by atoms with Crippen LogP contribution in [0.1, 0.15) is 6.42 Å². The maximum Gasteiger partial charge on any atom is 0.390 e. The second-order valence-corrected chi connectivity index (χ2v) is 3.55. The summed E-state index contributed by atoms with van der Waals surface area (Å²) in [5.41, 5.74) is 0.547. The molecule has 16 heavy (non-hydrogen) atoms. The van der Waals surface area contributed by atoms with Crippen molar-refractivity contribution in [3.63, 3.8) is 0 Å². The number of ether oxygens (including phenoxy) is 1. The van der Waals surface area contributed by atoms with Crippen molar-refractivity contribution in [1.29, 1.82) is 0 Å². The van der Waals surface area contributed by atoms with E-state index in [0.29, 0.717) is 16.5 Å². The van der Waals surface area contributed by atoms with E-state index in [9.17, 15) is 13.2 Å². The Kier molecular flexibility index (Phi) is 4.29. The van der Waals surface area contributed by atoms with Gasteiger partial charge < -0.3 is 10.1 Å². The van der Waals surface area contributed by atoms with Gasteiger partial charge in [-0.2, -0.15) is 13.2 Å². The molecule has 0 saturated heterocycles. The first-order valence-electron chi connectivity index (χ1n) is 4.56. The van der Waals surface area contributed by atoms with Crippen molar-refractivity contribution < 1.29 is 17.9 Å². The zero-order valence-electron chi connectivity index (χ0n) is 8.57. The van der Waals surface area contributed by atoms with Crippen LogP contribution in [0.25, 0.3) is 0 Å². The minimum atomic E-state index is -4.15. The van der Waals surface area contributed by atoms with Crippen LogP contribution in [0.2, 0.25) is 5.02 Å². The molecule has 0 radical (unpaired) electrons. The van der Waals surface area contributed by atoms with E-state index in [0.717, 1.165) is 0 Å². The largest absolute Gasteiger partial charge is 0.495 e. The van der Waals surface area contributed by atoms with Crippen LogP contribution in [0.4, 0.5) is 18.9 Å². The van der Waals surface area contributed by atoms with Gasteiger partial charge in [-0.25, -0.2) is 0 Å². The molecule has 0 aromatic heterocycles. The standard InChI is InChI=1S/C10H11ClF3NO/c1-16-9-6-7(2-3-8(9)11)15-5-4-10(12,13)14/h2-3,6,15H,4-5H2,1H3. The first-order valence-corrected chi connectivity index (χ1v) is 4.94. The number of methoxy groups -OCH3 is 1. The molecule has 2 nitrogen and oxygen atoms in total. The lowest BCUT2D eigenvalue weighted by molar-refractivity contribution is -0.131. The highest BCUT2D eigenvalue weighted by Crippen LogP contribution is 2.27. The summed E-state index contributed by atoms with van der Waals surface area (Å²) < 4.78 is 40.6. The molecule has 1 aromatic rings. The van der Waals surface area contributed by atoms with Crippen LogP contribution in [-0.2, 0) is 0 Å². The van der Waals surface area contributed by atoms with Gasteiger partial charge in [-0.15, -0.1) is 0 Å². The Bertz CT molecular complexity index is 354. The summed E-state index contributed by atoms with van der Waals surface area (Å²) in [6.07, 6.45) is -5.03. The molecule has 0 spiro atoms. The van der Waals surface area contributed by atoms with E-state index in [-0.39, 0.29) is 6.54 Å². The van der Waals surface area contributed by atoms with Crippen LogP contribution < -0.4 is 10.1 Å². The van der Waals surface area contributed by atoms with Gasteiger partial charge in [0.05, 0.1) is 18.6 Å². The lowest BCUT2D eigenvalue weighted by Crippen LogP contribution is -2.14. The number of anilines is 1. The summed E-state index contributed by atoms with van der Waals surface area (Å²) in [6, 6.07) is 4.72. The van der Waals surface area contributed by atoms with Crippen LogP contribution in [0.5, 0.6) is 5.75 Å². The van der Waals surface area contributed by atoms with Crippen LogP contribution in [-0.4, -0.2) is 19.8 Å². The summed E-state index contributed by atoms with van der Waals surface area (Å²) in [5.74, 6) is 0.429. The third kappa shape index (κ3) is 4.18. The van der Waals surface area contributed by atoms with Crippen LogP contribution in [0, 0.1) is 0 Å². The van der Waals surface area contributed by atoms with Gasteiger partial charge in [-0.1, -0.05) is 11.6 Å². The van der Waals surface area contributed by atoms with Crippen LogP contribution in [0.15, 0.2) is 18.2 Å². The molecule has 0 aliphatic rings. The predicted molar refractivity (Wildman–Crippen MR) is 57.2 cm³/mol. The van der Waals surface area contributed by atoms with Gasteiger partial charge in [0.1, 0.15) is 5.75 Å². The maximum atomic E-state index is 11.9. The summed E-state index contributed by atoms with van der Waals surface area (Å²) >= 11 is 5.77. The Hall–Kier alpha value is -1.10. The quantitative estimate of drug-likeness (QED) is 0.883. The Morgan fingerprint density at radius 1 is 1.38 bits per heavy atom. The van der Waals surface area contributed by atoms with Crippen molar-refractivity contribution in [2.45, 2.75) is 12.6 Å². The summed E-state index contributed by atoms with van der Waals surface area (Å²) in [7, 11) is 1.45. The number of nitrogens with one attached hydrogen (secondary N) is 1. The van der Waals surface area contributed by atoms with Gasteiger partial charge in [0.25, 0.3) is 0 Å². The van der Waals surface area contributed by atoms with E-state index in [4.69, 9.17) is 16.3 Å². The topological polar surface area (TPSA) is 21.3 Å². The highest BCUT2D eigenvalue weighted by molar-refractivity contribution is 6.32. The van der Waals surface area contributed by atoms with E-state index in [1.54, 1.807) is 18.2 Å². The van der Waals surface area contributed by atoms with Gasteiger partial charge in [0.2, 0.25) is 0 Å². The number of alkyl halides is 3. The molecule has 0 fully saturated rings. The van der Waals surface area contributed by atoms with Crippen LogP contribution in [0.3, 0.4) is 0 Å². The van der Waals surface area contributed by atoms with E-state index in [1.165, 1.54) is 7.11 Å². The lowest BCUT2D eigenvalue weighted by Gasteiger charge is -2.10. The molecule has 0 amide bonds. The Labute approximate surface area is 96.4 Å². The molecule has 0 bridgehead atoms. The second kappa shape index (κ2) is 5.30. The third-order valence-corrected chi connectivity index (χ3v) is 2.20. The fourth-order valence-electron chi connectivity index (χ4n) is 1.12. The van der Waals surface area contributed by atoms with Gasteiger partial charge >= 0.3 is 6.18 Å². The molecule has 6 heteroatoms. The maximum absolute atomic E-state index is 11.9. The first-order chi connectivity index (χ1) is 7.42. The number of benzene rings is 1. The van der Waals surface area contributed by atoms with Crippen molar-refractivity contribution in [1.82, 2.24) is 0 Å². The van der Waals surface area contributed by atoms with E-state index in [1.807, 2.05) is 0 Å². The second-order valence-electron chi connectivity index (χ2n) is 3.14. The number of rotatable bonds is 4. The van der Waals surface area contributed by atoms with Crippen molar-refractivity contribution >= 4 is 17.3 Å². The molecule has 1 rings (SSSR count). The molecule has 0 saturated carbocycles. The fraction of sp³-hybridized carbons (Fsp3) is 0.400. The lowest BCUT2D eigenvalue weighted by atomic mass is 10.3. The Balaban J connectivity index is 2.55. The van der Waals surface area contributed by atoms with E-state index in [2.05, 4.69) is 5.32 Å². The Morgan fingerprint density at radius 3 is 2.62 bits per heavy atom. The molecule has 0 atom stereocenters. The fourth-order valence-corrected chi connectivity index (χ4v) is 1.31. The molecular weight excluding hydrogens is 243 g/mol. The highest BCUT2D eigenvalue weighted by Gasteiger charge is 2.26. The van der Waals surface area contributed by atoms with E-state index >= 15 is 0 Å². The molecule has 0 aliphatic heterocycles. The summed E-state index contributed by atoms with van der Waals surface area (Å²) in [4.78, 5) is 0. The average Bonchev–Trinajstić information content (AvgIpc) is 2.18. The molecule has 1 N–H and O–H groups in total. The van der Waals surface area contributed by atoms with Gasteiger partial charge in [0, 0.05) is 18.3 Å². The molecule has 90 valence electrons. The third-order valence-electron chi connectivity index (χ3n) is 1.89. The van der Waals surface area contributed by atoms with Crippen molar-refractivity contribution in [2.24, 2.45) is 0 Å².